The predicted molar refractivity (Wildman–Crippen MR) is 57.7 cm³/mol. The standard InChI is InChI=1S/C9H20N2O2S/c1-5-14(12,13)11-6-8(2)10(4)9(3)7-11/h8-9H,5-7H2,1-4H3. The van der Waals surface area contributed by atoms with Crippen LogP contribution in [0.2, 0.25) is 0 Å². The van der Waals surface area contributed by atoms with Gasteiger partial charge in [0, 0.05) is 25.2 Å². The van der Waals surface area contributed by atoms with E-state index in [4.69, 9.17) is 0 Å². The van der Waals surface area contributed by atoms with Crippen molar-refractivity contribution in [1.82, 2.24) is 9.21 Å². The number of nitrogens with zero attached hydrogens (tertiary/aromatic N) is 2. The van der Waals surface area contributed by atoms with Gasteiger partial charge in [0.05, 0.1) is 5.75 Å². The second-order valence-corrected chi connectivity index (χ2v) is 6.34. The lowest BCUT2D eigenvalue weighted by molar-refractivity contribution is 0.105. The van der Waals surface area contributed by atoms with Gasteiger partial charge in [0.15, 0.2) is 0 Å². The van der Waals surface area contributed by atoms with Crippen molar-refractivity contribution >= 4 is 10.0 Å². The number of piperazine rings is 1. The van der Waals surface area contributed by atoms with Crippen molar-refractivity contribution in [1.29, 1.82) is 0 Å². The third-order valence-corrected chi connectivity index (χ3v) is 4.90. The van der Waals surface area contributed by atoms with E-state index in [1.807, 2.05) is 7.05 Å². The molecule has 84 valence electrons. The van der Waals surface area contributed by atoms with Gasteiger partial charge < -0.3 is 0 Å². The van der Waals surface area contributed by atoms with Gasteiger partial charge in [-0.1, -0.05) is 0 Å². The van der Waals surface area contributed by atoms with Crippen LogP contribution in [0.15, 0.2) is 0 Å². The summed E-state index contributed by atoms with van der Waals surface area (Å²) in [4.78, 5) is 2.22. The number of hydrogen-bond donors (Lipinski definition) is 0. The van der Waals surface area contributed by atoms with Crippen LogP contribution in [0.3, 0.4) is 0 Å². The van der Waals surface area contributed by atoms with E-state index >= 15 is 0 Å². The van der Waals surface area contributed by atoms with E-state index in [1.165, 1.54) is 0 Å². The molecule has 14 heavy (non-hydrogen) atoms. The summed E-state index contributed by atoms with van der Waals surface area (Å²) in [7, 11) is -0.957. The number of likely N-dealkylation sites (N-methyl/N-ethyl adjacent to an activating group) is 1. The normalized spacial score (nSPS) is 32.0. The fourth-order valence-corrected chi connectivity index (χ4v) is 3.02. The van der Waals surface area contributed by atoms with Crippen molar-refractivity contribution in [2.24, 2.45) is 0 Å². The van der Waals surface area contributed by atoms with Crippen LogP contribution in [0, 0.1) is 0 Å². The molecule has 1 aliphatic heterocycles. The van der Waals surface area contributed by atoms with E-state index in [-0.39, 0.29) is 5.75 Å². The Morgan fingerprint density at radius 2 is 1.64 bits per heavy atom. The molecule has 0 spiro atoms. The zero-order valence-electron chi connectivity index (χ0n) is 9.40. The van der Waals surface area contributed by atoms with E-state index in [0.29, 0.717) is 25.2 Å². The molecule has 0 aromatic rings. The van der Waals surface area contributed by atoms with Gasteiger partial charge in [-0.15, -0.1) is 0 Å². The number of sulfonamides is 1. The second kappa shape index (κ2) is 4.16. The van der Waals surface area contributed by atoms with Gasteiger partial charge in [-0.2, -0.15) is 4.31 Å². The van der Waals surface area contributed by atoms with E-state index < -0.39 is 10.0 Å². The molecule has 0 aromatic heterocycles. The predicted octanol–water partition coefficient (Wildman–Crippen LogP) is 0.361. The summed E-state index contributed by atoms with van der Waals surface area (Å²) in [6, 6.07) is 0.611. The Labute approximate surface area is 86.9 Å². The number of rotatable bonds is 2. The van der Waals surface area contributed by atoms with Crippen molar-refractivity contribution in [2.45, 2.75) is 32.9 Å². The van der Waals surface area contributed by atoms with Gasteiger partial charge in [-0.3, -0.25) is 4.90 Å². The first kappa shape index (κ1) is 11.9. The monoisotopic (exact) mass is 220 g/mol. The minimum atomic E-state index is -3.00. The molecule has 1 heterocycles. The fourth-order valence-electron chi connectivity index (χ4n) is 1.77. The largest absolute Gasteiger partial charge is 0.298 e. The zero-order valence-corrected chi connectivity index (χ0v) is 10.2. The molecule has 1 saturated heterocycles. The molecule has 5 heteroatoms. The Hall–Kier alpha value is -0.130. The lowest BCUT2D eigenvalue weighted by Gasteiger charge is -2.41. The first-order valence-electron chi connectivity index (χ1n) is 5.08. The third-order valence-electron chi connectivity index (χ3n) is 3.08. The smallest absolute Gasteiger partial charge is 0.213 e. The van der Waals surface area contributed by atoms with Crippen LogP contribution in [0.1, 0.15) is 20.8 Å². The molecule has 1 fully saturated rings. The molecular weight excluding hydrogens is 200 g/mol. The van der Waals surface area contributed by atoms with Crippen LogP contribution in [0.25, 0.3) is 0 Å². The van der Waals surface area contributed by atoms with Crippen LogP contribution in [-0.2, 0) is 10.0 Å². The van der Waals surface area contributed by atoms with Crippen molar-refractivity contribution in [2.75, 3.05) is 25.9 Å². The Kier molecular flexibility index (Phi) is 3.55. The highest BCUT2D eigenvalue weighted by Crippen LogP contribution is 2.16. The van der Waals surface area contributed by atoms with E-state index in [2.05, 4.69) is 18.7 Å². The van der Waals surface area contributed by atoms with Crippen molar-refractivity contribution in [3.63, 3.8) is 0 Å². The highest BCUT2D eigenvalue weighted by Gasteiger charge is 2.32. The molecule has 2 atom stereocenters. The quantitative estimate of drug-likeness (QED) is 0.674. The summed E-state index contributed by atoms with van der Waals surface area (Å²) in [5.41, 5.74) is 0. The molecule has 0 bridgehead atoms. The van der Waals surface area contributed by atoms with Crippen molar-refractivity contribution < 1.29 is 8.42 Å². The molecule has 0 aliphatic carbocycles. The minimum Gasteiger partial charge on any atom is -0.298 e. The van der Waals surface area contributed by atoms with E-state index in [1.54, 1.807) is 11.2 Å². The topological polar surface area (TPSA) is 40.6 Å². The molecule has 4 nitrogen and oxygen atoms in total. The van der Waals surface area contributed by atoms with E-state index in [0.717, 1.165) is 0 Å². The Morgan fingerprint density at radius 3 is 2.00 bits per heavy atom. The average Bonchev–Trinajstić information content (AvgIpc) is 2.13. The second-order valence-electron chi connectivity index (χ2n) is 4.08. The summed E-state index contributed by atoms with van der Waals surface area (Å²) >= 11 is 0. The first-order chi connectivity index (χ1) is 6.38. The first-order valence-corrected chi connectivity index (χ1v) is 6.69. The van der Waals surface area contributed by atoms with Crippen LogP contribution in [-0.4, -0.2) is 55.6 Å². The highest BCUT2D eigenvalue weighted by atomic mass is 32.2. The van der Waals surface area contributed by atoms with E-state index in [9.17, 15) is 8.42 Å². The minimum absolute atomic E-state index is 0.205. The van der Waals surface area contributed by atoms with Crippen molar-refractivity contribution in [3.05, 3.63) is 0 Å². The summed E-state index contributed by atoms with van der Waals surface area (Å²) < 4.78 is 24.9. The zero-order chi connectivity index (χ0) is 10.9. The molecule has 0 saturated carbocycles. The summed E-state index contributed by atoms with van der Waals surface area (Å²) in [5.74, 6) is 0.205. The number of hydrogen-bond acceptors (Lipinski definition) is 3. The SMILES string of the molecule is CCS(=O)(=O)N1CC(C)N(C)C(C)C1. The maximum atomic E-state index is 11.7. The molecule has 1 aliphatic rings. The molecule has 1 rings (SSSR count). The lowest BCUT2D eigenvalue weighted by atomic mass is 10.1. The molecule has 0 N–H and O–H groups in total. The van der Waals surface area contributed by atoms with Gasteiger partial charge in [0.25, 0.3) is 0 Å². The van der Waals surface area contributed by atoms with Gasteiger partial charge in [0.1, 0.15) is 0 Å². The summed E-state index contributed by atoms with van der Waals surface area (Å²) in [6.45, 7) is 7.07. The maximum absolute atomic E-state index is 11.7. The molecule has 2 unspecified atom stereocenters. The Bertz CT molecular complexity index is 277. The molecule has 0 aromatic carbocycles. The van der Waals surface area contributed by atoms with Crippen LogP contribution >= 0.6 is 0 Å². The third kappa shape index (κ3) is 2.27. The maximum Gasteiger partial charge on any atom is 0.213 e. The van der Waals surface area contributed by atoms with Crippen LogP contribution < -0.4 is 0 Å². The van der Waals surface area contributed by atoms with Gasteiger partial charge in [-0.25, -0.2) is 8.42 Å². The van der Waals surface area contributed by atoms with Crippen LogP contribution in [0.4, 0.5) is 0 Å². The van der Waals surface area contributed by atoms with Crippen LogP contribution in [0.5, 0.6) is 0 Å². The van der Waals surface area contributed by atoms with Gasteiger partial charge in [0.2, 0.25) is 10.0 Å². The Morgan fingerprint density at radius 1 is 1.21 bits per heavy atom. The lowest BCUT2D eigenvalue weighted by Crippen LogP contribution is -2.56. The highest BCUT2D eigenvalue weighted by molar-refractivity contribution is 7.89. The fraction of sp³-hybridized carbons (Fsp3) is 1.00. The molecule has 0 amide bonds. The van der Waals surface area contributed by atoms with Gasteiger partial charge >= 0.3 is 0 Å². The molecule has 0 radical (unpaired) electrons. The summed E-state index contributed by atoms with van der Waals surface area (Å²) in [6.07, 6.45) is 0. The van der Waals surface area contributed by atoms with Crippen molar-refractivity contribution in [3.8, 4) is 0 Å². The average molecular weight is 220 g/mol. The summed E-state index contributed by atoms with van der Waals surface area (Å²) in [5, 5.41) is 0. The molecular formula is C9H20N2O2S. The Balaban J connectivity index is 2.77. The van der Waals surface area contributed by atoms with Gasteiger partial charge in [-0.05, 0) is 27.8 Å².